The van der Waals surface area contributed by atoms with Gasteiger partial charge >= 0.3 is 0 Å². The van der Waals surface area contributed by atoms with Crippen molar-refractivity contribution in [3.05, 3.63) is 47.6 Å². The predicted molar refractivity (Wildman–Crippen MR) is 58.9 cm³/mol. The van der Waals surface area contributed by atoms with Crippen molar-refractivity contribution >= 4 is 21.4 Å². The molecular weight excluding hydrogens is 197 g/mol. The SMILES string of the molecule is C=C[C@H](N)c1cc2cccc(F)c2s1. The Labute approximate surface area is 85.7 Å². The Hall–Kier alpha value is -1.19. The molecule has 0 aliphatic carbocycles. The summed E-state index contributed by atoms with van der Waals surface area (Å²) in [6.07, 6.45) is 1.66. The molecule has 0 saturated carbocycles. The van der Waals surface area contributed by atoms with E-state index in [1.165, 1.54) is 17.4 Å². The van der Waals surface area contributed by atoms with E-state index in [1.54, 1.807) is 12.1 Å². The molecule has 0 fully saturated rings. The van der Waals surface area contributed by atoms with Crippen molar-refractivity contribution in [3.63, 3.8) is 0 Å². The Morgan fingerprint density at radius 1 is 1.50 bits per heavy atom. The van der Waals surface area contributed by atoms with Gasteiger partial charge in [0.05, 0.1) is 10.7 Å². The fourth-order valence-electron chi connectivity index (χ4n) is 1.33. The molecule has 0 saturated heterocycles. The first-order chi connectivity index (χ1) is 6.72. The quantitative estimate of drug-likeness (QED) is 0.752. The normalized spacial score (nSPS) is 13.0. The van der Waals surface area contributed by atoms with Crippen LogP contribution in [0.5, 0.6) is 0 Å². The molecule has 2 N–H and O–H groups in total. The number of thiophene rings is 1. The molecule has 2 rings (SSSR count). The van der Waals surface area contributed by atoms with E-state index in [0.29, 0.717) is 4.70 Å². The van der Waals surface area contributed by atoms with Gasteiger partial charge in [0.1, 0.15) is 5.82 Å². The van der Waals surface area contributed by atoms with Gasteiger partial charge in [-0.2, -0.15) is 0 Å². The van der Waals surface area contributed by atoms with Gasteiger partial charge in [0.2, 0.25) is 0 Å². The van der Waals surface area contributed by atoms with Gasteiger partial charge in [-0.3, -0.25) is 0 Å². The molecule has 14 heavy (non-hydrogen) atoms. The number of hydrogen-bond donors (Lipinski definition) is 1. The zero-order valence-corrected chi connectivity index (χ0v) is 8.35. The monoisotopic (exact) mass is 207 g/mol. The zero-order valence-electron chi connectivity index (χ0n) is 7.53. The van der Waals surface area contributed by atoms with Crippen molar-refractivity contribution in [1.82, 2.24) is 0 Å². The molecule has 0 unspecified atom stereocenters. The fraction of sp³-hybridized carbons (Fsp3) is 0.0909. The minimum Gasteiger partial charge on any atom is -0.320 e. The van der Waals surface area contributed by atoms with Crippen molar-refractivity contribution < 1.29 is 4.39 Å². The van der Waals surface area contributed by atoms with Gasteiger partial charge in [-0.05, 0) is 17.5 Å². The van der Waals surface area contributed by atoms with Crippen LogP contribution >= 0.6 is 11.3 Å². The van der Waals surface area contributed by atoms with Crippen LogP contribution in [0.15, 0.2) is 36.9 Å². The molecule has 0 amide bonds. The average molecular weight is 207 g/mol. The molecular formula is C11H10FNS. The first-order valence-corrected chi connectivity index (χ1v) is 5.10. The molecule has 0 aliphatic heterocycles. The van der Waals surface area contributed by atoms with E-state index in [1.807, 2.05) is 12.1 Å². The number of hydrogen-bond acceptors (Lipinski definition) is 2. The van der Waals surface area contributed by atoms with E-state index in [4.69, 9.17) is 5.73 Å². The molecule has 0 radical (unpaired) electrons. The second-order valence-electron chi connectivity index (χ2n) is 3.07. The number of rotatable bonds is 2. The van der Waals surface area contributed by atoms with E-state index < -0.39 is 0 Å². The Kier molecular flexibility index (Phi) is 2.35. The minimum atomic E-state index is -0.202. The van der Waals surface area contributed by atoms with Crippen molar-refractivity contribution in [2.75, 3.05) is 0 Å². The summed E-state index contributed by atoms with van der Waals surface area (Å²) in [5, 5.41) is 0.905. The molecule has 1 nitrogen and oxygen atoms in total. The molecule has 1 atom stereocenters. The average Bonchev–Trinajstić information content (AvgIpc) is 2.62. The van der Waals surface area contributed by atoms with Crippen molar-refractivity contribution in [3.8, 4) is 0 Å². The summed E-state index contributed by atoms with van der Waals surface area (Å²) in [5.41, 5.74) is 5.78. The van der Waals surface area contributed by atoms with Crippen LogP contribution in [0.1, 0.15) is 10.9 Å². The summed E-state index contributed by atoms with van der Waals surface area (Å²) in [7, 11) is 0. The maximum atomic E-state index is 13.3. The Bertz CT molecular complexity index is 475. The standard InChI is InChI=1S/C11H10FNS/c1-2-9(13)10-6-7-4-3-5-8(12)11(7)14-10/h2-6,9H,1,13H2/t9-/m0/s1. The highest BCUT2D eigenvalue weighted by Gasteiger charge is 2.09. The highest BCUT2D eigenvalue weighted by molar-refractivity contribution is 7.19. The summed E-state index contributed by atoms with van der Waals surface area (Å²) >= 11 is 1.39. The van der Waals surface area contributed by atoms with Gasteiger partial charge in [-0.15, -0.1) is 17.9 Å². The Balaban J connectivity index is 2.62. The number of nitrogens with two attached hydrogens (primary N) is 1. The second kappa shape index (κ2) is 3.52. The second-order valence-corrected chi connectivity index (χ2v) is 4.15. The maximum Gasteiger partial charge on any atom is 0.140 e. The summed E-state index contributed by atoms with van der Waals surface area (Å²) in [6, 6.07) is 6.76. The molecule has 2 aromatic rings. The molecule has 0 spiro atoms. The Morgan fingerprint density at radius 2 is 2.29 bits per heavy atom. The lowest BCUT2D eigenvalue weighted by atomic mass is 10.2. The third kappa shape index (κ3) is 1.45. The van der Waals surface area contributed by atoms with Crippen LogP contribution in [-0.4, -0.2) is 0 Å². The number of fused-ring (bicyclic) bond motifs is 1. The fourth-order valence-corrected chi connectivity index (χ4v) is 2.39. The van der Waals surface area contributed by atoms with E-state index in [9.17, 15) is 4.39 Å². The molecule has 1 aromatic heterocycles. The van der Waals surface area contributed by atoms with Crippen LogP contribution < -0.4 is 5.73 Å². The highest BCUT2D eigenvalue weighted by atomic mass is 32.1. The minimum absolute atomic E-state index is 0.185. The molecule has 3 heteroatoms. The van der Waals surface area contributed by atoms with Crippen LogP contribution in [0.25, 0.3) is 10.1 Å². The maximum absolute atomic E-state index is 13.3. The van der Waals surface area contributed by atoms with Crippen LogP contribution in [0.3, 0.4) is 0 Å². The van der Waals surface area contributed by atoms with E-state index in [2.05, 4.69) is 6.58 Å². The van der Waals surface area contributed by atoms with Crippen LogP contribution in [0.4, 0.5) is 4.39 Å². The van der Waals surface area contributed by atoms with Crippen LogP contribution in [0, 0.1) is 5.82 Å². The third-order valence-electron chi connectivity index (χ3n) is 2.10. The molecule has 0 bridgehead atoms. The van der Waals surface area contributed by atoms with E-state index >= 15 is 0 Å². The Morgan fingerprint density at radius 3 is 2.93 bits per heavy atom. The van der Waals surface area contributed by atoms with Gasteiger partial charge in [0, 0.05) is 4.88 Å². The first-order valence-electron chi connectivity index (χ1n) is 4.28. The molecule has 0 aliphatic rings. The lowest BCUT2D eigenvalue weighted by Gasteiger charge is -1.99. The summed E-state index contributed by atoms with van der Waals surface area (Å²) in [5.74, 6) is -0.185. The van der Waals surface area contributed by atoms with Gasteiger partial charge in [0.25, 0.3) is 0 Å². The third-order valence-corrected chi connectivity index (χ3v) is 3.36. The summed E-state index contributed by atoms with van der Waals surface area (Å²) in [4.78, 5) is 0.945. The van der Waals surface area contributed by atoms with Crippen LogP contribution in [-0.2, 0) is 0 Å². The van der Waals surface area contributed by atoms with Crippen molar-refractivity contribution in [2.24, 2.45) is 5.73 Å². The van der Waals surface area contributed by atoms with E-state index in [-0.39, 0.29) is 11.9 Å². The topological polar surface area (TPSA) is 26.0 Å². The first kappa shape index (κ1) is 9.37. The predicted octanol–water partition coefficient (Wildman–Crippen LogP) is 3.23. The molecule has 1 aromatic carbocycles. The largest absolute Gasteiger partial charge is 0.320 e. The van der Waals surface area contributed by atoms with Crippen LogP contribution in [0.2, 0.25) is 0 Å². The zero-order chi connectivity index (χ0) is 10.1. The number of halogens is 1. The molecule has 1 heterocycles. The summed E-state index contributed by atoms with van der Waals surface area (Å²) < 4.78 is 14.0. The lowest BCUT2D eigenvalue weighted by Crippen LogP contribution is -2.03. The van der Waals surface area contributed by atoms with Gasteiger partial charge in [-0.1, -0.05) is 18.2 Å². The summed E-state index contributed by atoms with van der Waals surface area (Å²) in [6.45, 7) is 3.62. The van der Waals surface area contributed by atoms with E-state index in [0.717, 1.165) is 10.3 Å². The van der Waals surface area contributed by atoms with Gasteiger partial charge in [0.15, 0.2) is 0 Å². The van der Waals surface area contributed by atoms with Gasteiger partial charge < -0.3 is 5.73 Å². The van der Waals surface area contributed by atoms with Crippen molar-refractivity contribution in [2.45, 2.75) is 6.04 Å². The highest BCUT2D eigenvalue weighted by Crippen LogP contribution is 2.31. The lowest BCUT2D eigenvalue weighted by molar-refractivity contribution is 0.642. The van der Waals surface area contributed by atoms with Gasteiger partial charge in [-0.25, -0.2) is 4.39 Å². The molecule has 72 valence electrons. The smallest absolute Gasteiger partial charge is 0.140 e. The van der Waals surface area contributed by atoms with Crippen molar-refractivity contribution in [1.29, 1.82) is 0 Å². The number of benzene rings is 1.